The van der Waals surface area contributed by atoms with Crippen molar-refractivity contribution in [1.29, 1.82) is 0 Å². The first kappa shape index (κ1) is 22.1. The molecule has 1 heterocycles. The number of hydrogen-bond acceptors (Lipinski definition) is 8. The van der Waals surface area contributed by atoms with Gasteiger partial charge in [0.1, 0.15) is 0 Å². The highest BCUT2D eigenvalue weighted by molar-refractivity contribution is 7.80. The lowest BCUT2D eigenvalue weighted by Gasteiger charge is -2.07. The summed E-state index contributed by atoms with van der Waals surface area (Å²) < 4.78 is 63.0. The number of aromatic nitrogens is 3. The summed E-state index contributed by atoms with van der Waals surface area (Å²) in [6.07, 6.45) is -4.69. The molecule has 0 spiro atoms. The summed E-state index contributed by atoms with van der Waals surface area (Å²) in [4.78, 5) is 35.4. The van der Waals surface area contributed by atoms with Gasteiger partial charge in [-0.05, 0) is 12.1 Å². The minimum atomic E-state index is -4.69. The Morgan fingerprint density at radius 2 is 1.93 bits per heavy atom. The van der Waals surface area contributed by atoms with Crippen LogP contribution in [-0.2, 0) is 27.1 Å². The molecule has 29 heavy (non-hydrogen) atoms. The Balaban J connectivity index is 2.11. The number of ether oxygens (including phenoxy) is 2. The van der Waals surface area contributed by atoms with E-state index in [9.17, 15) is 31.8 Å². The van der Waals surface area contributed by atoms with Gasteiger partial charge < -0.3 is 9.47 Å². The van der Waals surface area contributed by atoms with Crippen LogP contribution < -0.4 is 15.9 Å². The second-order valence-corrected chi connectivity index (χ2v) is 6.23. The van der Waals surface area contributed by atoms with Crippen LogP contribution in [0.3, 0.4) is 0 Å². The van der Waals surface area contributed by atoms with Gasteiger partial charge in [0, 0.05) is 7.05 Å². The number of carbonyl (C=O) groups excluding carboxylic acids is 2. The maximum Gasteiger partial charge on any atom is 0.422 e. The molecule has 0 aliphatic rings. The van der Waals surface area contributed by atoms with Gasteiger partial charge in [0.15, 0.2) is 6.61 Å². The first-order valence-electron chi connectivity index (χ1n) is 7.47. The lowest BCUT2D eigenvalue weighted by Crippen LogP contribution is -2.37. The van der Waals surface area contributed by atoms with Gasteiger partial charge in [-0.3, -0.25) is 0 Å². The van der Waals surface area contributed by atoms with Crippen LogP contribution in [0.1, 0.15) is 10.4 Å². The number of methoxy groups -OCH3 is 1. The number of carbonyl (C=O) groups is 2. The monoisotopic (exact) mass is 438 g/mol. The van der Waals surface area contributed by atoms with Gasteiger partial charge in [0.05, 0.1) is 17.6 Å². The average molecular weight is 438 g/mol. The van der Waals surface area contributed by atoms with Crippen molar-refractivity contribution in [2.24, 2.45) is 7.05 Å². The van der Waals surface area contributed by atoms with Gasteiger partial charge in [-0.1, -0.05) is 12.1 Å². The van der Waals surface area contributed by atoms with E-state index in [-0.39, 0.29) is 15.1 Å². The summed E-state index contributed by atoms with van der Waals surface area (Å²) in [6, 6.07) is 3.35. The Labute approximate surface area is 162 Å². The number of benzene rings is 1. The molecular formula is C14H13F3N4O7S. The SMILES string of the molecule is COC(=O)c1ccccc1S(=O)ONC(=O)n1nc(OCC(F)(F)F)n(C)c1=O. The third-order valence-corrected chi connectivity index (χ3v) is 4.12. The summed E-state index contributed by atoms with van der Waals surface area (Å²) in [5.74, 6) is -0.809. The van der Waals surface area contributed by atoms with E-state index < -0.39 is 47.6 Å². The Morgan fingerprint density at radius 3 is 2.55 bits per heavy atom. The van der Waals surface area contributed by atoms with E-state index in [1.807, 2.05) is 0 Å². The molecule has 1 aromatic heterocycles. The van der Waals surface area contributed by atoms with E-state index >= 15 is 0 Å². The van der Waals surface area contributed by atoms with Crippen LogP contribution in [0.4, 0.5) is 18.0 Å². The highest BCUT2D eigenvalue weighted by Crippen LogP contribution is 2.16. The number of halogens is 3. The Bertz CT molecular complexity index is 1000. The zero-order chi connectivity index (χ0) is 21.8. The topological polar surface area (TPSA) is 131 Å². The van der Waals surface area contributed by atoms with Crippen LogP contribution in [0.5, 0.6) is 6.01 Å². The second-order valence-electron chi connectivity index (χ2n) is 5.15. The van der Waals surface area contributed by atoms with Crippen molar-refractivity contribution < 1.29 is 40.7 Å². The highest BCUT2D eigenvalue weighted by atomic mass is 32.2. The average Bonchev–Trinajstić information content (AvgIpc) is 2.97. The lowest BCUT2D eigenvalue weighted by molar-refractivity contribution is -0.155. The molecular weight excluding hydrogens is 425 g/mol. The molecule has 11 nitrogen and oxygen atoms in total. The fraction of sp³-hybridized carbons (Fsp3) is 0.286. The third-order valence-electron chi connectivity index (χ3n) is 3.17. The smallest absolute Gasteiger partial charge is 0.422 e. The zero-order valence-electron chi connectivity index (χ0n) is 14.8. The van der Waals surface area contributed by atoms with Crippen molar-refractivity contribution in [3.63, 3.8) is 0 Å². The van der Waals surface area contributed by atoms with Crippen molar-refractivity contribution in [2.75, 3.05) is 13.7 Å². The fourth-order valence-corrected chi connectivity index (χ4v) is 2.63. The molecule has 15 heteroatoms. The molecule has 0 saturated carbocycles. The summed E-state index contributed by atoms with van der Waals surface area (Å²) in [5, 5.41) is 3.30. The molecule has 1 atom stereocenters. The van der Waals surface area contributed by atoms with Crippen LogP contribution in [0.2, 0.25) is 0 Å². The van der Waals surface area contributed by atoms with Gasteiger partial charge >= 0.3 is 29.9 Å². The normalized spacial score (nSPS) is 12.3. The van der Waals surface area contributed by atoms with Gasteiger partial charge in [-0.25, -0.2) is 23.2 Å². The van der Waals surface area contributed by atoms with Crippen molar-refractivity contribution in [3.8, 4) is 6.01 Å². The summed E-state index contributed by atoms with van der Waals surface area (Å²) in [7, 11) is 2.13. The minimum Gasteiger partial charge on any atom is -0.465 e. The van der Waals surface area contributed by atoms with Crippen molar-refractivity contribution >= 4 is 23.1 Å². The Morgan fingerprint density at radius 1 is 1.28 bits per heavy atom. The van der Waals surface area contributed by atoms with Crippen LogP contribution in [0.25, 0.3) is 0 Å². The molecule has 2 aromatic rings. The van der Waals surface area contributed by atoms with Crippen molar-refractivity contribution in [2.45, 2.75) is 11.1 Å². The largest absolute Gasteiger partial charge is 0.465 e. The number of hydroxylamine groups is 1. The van der Waals surface area contributed by atoms with E-state index in [0.717, 1.165) is 14.2 Å². The van der Waals surface area contributed by atoms with Crippen LogP contribution in [0.15, 0.2) is 34.0 Å². The van der Waals surface area contributed by atoms with Gasteiger partial charge in [0.25, 0.3) is 0 Å². The second kappa shape index (κ2) is 8.87. The molecule has 1 amide bonds. The van der Waals surface area contributed by atoms with Crippen molar-refractivity contribution in [1.82, 2.24) is 19.8 Å². The molecule has 0 bridgehead atoms. The van der Waals surface area contributed by atoms with E-state index in [1.165, 1.54) is 24.3 Å². The predicted molar refractivity (Wildman–Crippen MR) is 88.2 cm³/mol. The van der Waals surface area contributed by atoms with E-state index in [4.69, 9.17) is 0 Å². The van der Waals surface area contributed by atoms with Crippen LogP contribution in [0, 0.1) is 0 Å². The number of hydrogen-bond donors (Lipinski definition) is 1. The summed E-state index contributed by atoms with van der Waals surface area (Å²) in [6.45, 7) is -1.73. The summed E-state index contributed by atoms with van der Waals surface area (Å²) in [5.41, 5.74) is 0.407. The zero-order valence-corrected chi connectivity index (χ0v) is 15.6. The van der Waals surface area contributed by atoms with Gasteiger partial charge in [-0.15, -0.1) is 9.78 Å². The Kier molecular flexibility index (Phi) is 6.76. The first-order valence-corrected chi connectivity index (χ1v) is 8.55. The molecule has 1 N–H and O–H groups in total. The quantitative estimate of drug-likeness (QED) is 0.510. The summed E-state index contributed by atoms with van der Waals surface area (Å²) >= 11 is -2.39. The fourth-order valence-electron chi connectivity index (χ4n) is 1.88. The molecule has 0 radical (unpaired) electrons. The molecule has 0 aliphatic carbocycles. The molecule has 0 aliphatic heterocycles. The lowest BCUT2D eigenvalue weighted by atomic mass is 10.2. The number of amides is 1. The van der Waals surface area contributed by atoms with E-state index in [2.05, 4.69) is 18.9 Å². The number of esters is 1. The minimum absolute atomic E-state index is 0.0968. The number of nitrogens with zero attached hydrogens (tertiary/aromatic N) is 3. The standard InChI is InChI=1S/C14H13F3N4O7S/c1-20-12(27-7-14(15,16)17)18-21(13(20)24)11(23)19-28-29(25)9-6-4-3-5-8(9)10(22)26-2/h3-6H,7H2,1-2H3,(H,19,23). The van der Waals surface area contributed by atoms with Gasteiger partial charge in [-0.2, -0.15) is 22.9 Å². The molecule has 0 fully saturated rings. The molecule has 0 saturated heterocycles. The maximum atomic E-state index is 12.2. The van der Waals surface area contributed by atoms with Crippen molar-refractivity contribution in [3.05, 3.63) is 40.3 Å². The van der Waals surface area contributed by atoms with Gasteiger partial charge in [0.2, 0.25) is 11.1 Å². The Hall–Kier alpha value is -3.20. The number of nitrogens with one attached hydrogen (secondary N) is 1. The predicted octanol–water partition coefficient (Wildman–Crippen LogP) is 0.522. The van der Waals surface area contributed by atoms with E-state index in [1.54, 1.807) is 5.48 Å². The molecule has 2 rings (SSSR count). The highest BCUT2D eigenvalue weighted by Gasteiger charge is 2.30. The van der Waals surface area contributed by atoms with Crippen LogP contribution >= 0.6 is 0 Å². The first-order chi connectivity index (χ1) is 13.5. The molecule has 1 aromatic carbocycles. The van der Waals surface area contributed by atoms with Crippen LogP contribution in [-0.4, -0.2) is 50.4 Å². The van der Waals surface area contributed by atoms with E-state index in [0.29, 0.717) is 4.57 Å². The number of alkyl halides is 3. The molecule has 158 valence electrons. The molecule has 1 unspecified atom stereocenters. The third kappa shape index (κ3) is 5.41. The maximum absolute atomic E-state index is 12.2. The number of rotatable bonds is 6.